The molecule has 1 atom stereocenters. The molecule has 1 aliphatic rings. The Balaban J connectivity index is 2.58. The van der Waals surface area contributed by atoms with E-state index in [1.54, 1.807) is 0 Å². The van der Waals surface area contributed by atoms with E-state index in [1.165, 1.54) is 12.0 Å². The molecule has 1 amide bonds. The fourth-order valence-electron chi connectivity index (χ4n) is 2.10. The number of alkyl halides is 1. The summed E-state index contributed by atoms with van der Waals surface area (Å²) in [5.74, 6) is -0.755. The average Bonchev–Trinajstić information content (AvgIpc) is 2.73. The zero-order chi connectivity index (χ0) is 14.5. The normalized spacial score (nSPS) is 21.1. The van der Waals surface area contributed by atoms with E-state index in [2.05, 4.69) is 4.74 Å². The molecule has 8 heteroatoms. The summed E-state index contributed by atoms with van der Waals surface area (Å²) in [7, 11) is -1.76. The molecule has 1 fully saturated rings. The van der Waals surface area contributed by atoms with Crippen molar-refractivity contribution >= 4 is 33.3 Å². The van der Waals surface area contributed by atoms with Gasteiger partial charge >= 0.3 is 5.97 Å². The lowest BCUT2D eigenvalue weighted by Crippen LogP contribution is -2.42. The fourth-order valence-corrected chi connectivity index (χ4v) is 3.99. The number of methoxy groups -OCH3 is 1. The first-order valence-corrected chi connectivity index (χ1v) is 8.38. The van der Waals surface area contributed by atoms with Gasteiger partial charge in [-0.05, 0) is 12.8 Å². The number of sulfone groups is 1. The summed E-state index contributed by atoms with van der Waals surface area (Å²) in [6.07, 6.45) is 1.07. The number of amides is 1. The highest BCUT2D eigenvalue weighted by Crippen LogP contribution is 2.19. The second kappa shape index (κ2) is 7.09. The van der Waals surface area contributed by atoms with Crippen molar-refractivity contribution in [3.05, 3.63) is 0 Å². The third-order valence-corrected chi connectivity index (χ3v) is 5.07. The van der Waals surface area contributed by atoms with Gasteiger partial charge in [0.05, 0.1) is 18.6 Å². The maximum atomic E-state index is 11.7. The summed E-state index contributed by atoms with van der Waals surface area (Å²) in [6.45, 7) is 0.320. The van der Waals surface area contributed by atoms with Gasteiger partial charge in [-0.15, -0.1) is 11.6 Å². The fraction of sp³-hybridized carbons (Fsp3) is 0.818. The van der Waals surface area contributed by atoms with Crippen LogP contribution < -0.4 is 0 Å². The maximum absolute atomic E-state index is 11.7. The second-order valence-corrected chi connectivity index (χ2v) is 6.95. The van der Waals surface area contributed by atoms with Crippen molar-refractivity contribution < 1.29 is 22.7 Å². The molecule has 0 radical (unpaired) electrons. The monoisotopic (exact) mass is 311 g/mol. The van der Waals surface area contributed by atoms with Crippen LogP contribution in [0.5, 0.6) is 0 Å². The van der Waals surface area contributed by atoms with Crippen LogP contribution in [0.1, 0.15) is 19.3 Å². The van der Waals surface area contributed by atoms with E-state index in [9.17, 15) is 18.0 Å². The van der Waals surface area contributed by atoms with Crippen LogP contribution in [0.4, 0.5) is 0 Å². The highest BCUT2D eigenvalue weighted by atomic mass is 35.5. The van der Waals surface area contributed by atoms with Gasteiger partial charge in [-0.1, -0.05) is 0 Å². The minimum atomic E-state index is -3.06. The Morgan fingerprint density at radius 2 is 2.11 bits per heavy atom. The van der Waals surface area contributed by atoms with Crippen LogP contribution in [-0.2, 0) is 24.2 Å². The third-order valence-electron chi connectivity index (χ3n) is 3.09. The Kier molecular flexibility index (Phi) is 6.06. The second-order valence-electron chi connectivity index (χ2n) is 4.46. The van der Waals surface area contributed by atoms with E-state index in [0.717, 1.165) is 0 Å². The molecule has 0 N–H and O–H groups in total. The van der Waals surface area contributed by atoms with E-state index in [1.807, 2.05) is 0 Å². The lowest BCUT2D eigenvalue weighted by molar-refractivity contribution is -0.141. The average molecular weight is 312 g/mol. The van der Waals surface area contributed by atoms with Gasteiger partial charge < -0.3 is 9.64 Å². The summed E-state index contributed by atoms with van der Waals surface area (Å²) in [5, 5.41) is 0. The summed E-state index contributed by atoms with van der Waals surface area (Å²) in [6, 6.07) is -0.325. The van der Waals surface area contributed by atoms with Crippen LogP contribution >= 0.6 is 11.6 Å². The number of esters is 1. The standard InChI is InChI=1S/C11H18ClNO5S/c1-18-11(15)3-2-5-13(10(14)7-12)9-4-6-19(16,17)8-9/h9H,2-8H2,1H3. The molecule has 19 heavy (non-hydrogen) atoms. The molecule has 1 saturated heterocycles. The smallest absolute Gasteiger partial charge is 0.305 e. The third kappa shape index (κ3) is 4.99. The van der Waals surface area contributed by atoms with Gasteiger partial charge in [0.15, 0.2) is 9.84 Å². The van der Waals surface area contributed by atoms with E-state index in [-0.39, 0.29) is 41.7 Å². The summed E-state index contributed by atoms with van der Waals surface area (Å²) in [4.78, 5) is 24.2. The number of carbonyl (C=O) groups is 2. The quantitative estimate of drug-likeness (QED) is 0.517. The first-order valence-electron chi connectivity index (χ1n) is 6.02. The molecule has 0 aromatic rings. The Hall–Kier alpha value is -0.820. The van der Waals surface area contributed by atoms with Gasteiger partial charge in [-0.2, -0.15) is 0 Å². The van der Waals surface area contributed by atoms with E-state index >= 15 is 0 Å². The number of hydrogen-bond acceptors (Lipinski definition) is 5. The van der Waals surface area contributed by atoms with Crippen LogP contribution in [0.15, 0.2) is 0 Å². The molecule has 1 aliphatic heterocycles. The van der Waals surface area contributed by atoms with E-state index in [4.69, 9.17) is 11.6 Å². The number of ether oxygens (including phenoxy) is 1. The molecule has 1 unspecified atom stereocenters. The SMILES string of the molecule is COC(=O)CCCN(C(=O)CCl)C1CCS(=O)(=O)C1. The van der Waals surface area contributed by atoms with Crippen molar-refractivity contribution in [1.82, 2.24) is 4.90 Å². The highest BCUT2D eigenvalue weighted by molar-refractivity contribution is 7.91. The molecule has 0 aliphatic carbocycles. The molecule has 0 saturated carbocycles. The summed E-state index contributed by atoms with van der Waals surface area (Å²) in [5.41, 5.74) is 0. The Bertz CT molecular complexity index is 436. The van der Waals surface area contributed by atoms with Gasteiger partial charge in [0, 0.05) is 19.0 Å². The largest absolute Gasteiger partial charge is 0.469 e. The molecule has 0 aromatic heterocycles. The van der Waals surface area contributed by atoms with Crippen LogP contribution in [0.2, 0.25) is 0 Å². The first-order chi connectivity index (χ1) is 8.89. The van der Waals surface area contributed by atoms with Gasteiger partial charge in [0.1, 0.15) is 5.88 Å². The van der Waals surface area contributed by atoms with Crippen LogP contribution in [0, 0.1) is 0 Å². The predicted octanol–water partition coefficient (Wildman–Crippen LogP) is 0.194. The van der Waals surface area contributed by atoms with Crippen molar-refractivity contribution in [2.45, 2.75) is 25.3 Å². The molecule has 110 valence electrons. The maximum Gasteiger partial charge on any atom is 0.305 e. The Labute approximate surface area is 118 Å². The number of carbonyl (C=O) groups excluding carboxylic acids is 2. The molecular formula is C11H18ClNO5S. The Morgan fingerprint density at radius 1 is 1.42 bits per heavy atom. The molecule has 1 rings (SSSR count). The Morgan fingerprint density at radius 3 is 2.58 bits per heavy atom. The van der Waals surface area contributed by atoms with Gasteiger partial charge in [0.25, 0.3) is 0 Å². The molecular weight excluding hydrogens is 294 g/mol. The summed E-state index contributed by atoms with van der Waals surface area (Å²) < 4.78 is 27.4. The minimum Gasteiger partial charge on any atom is -0.469 e. The van der Waals surface area contributed by atoms with Gasteiger partial charge in [-0.3, -0.25) is 9.59 Å². The number of rotatable bonds is 6. The zero-order valence-electron chi connectivity index (χ0n) is 10.8. The molecule has 1 heterocycles. The van der Waals surface area contributed by atoms with Gasteiger partial charge in [-0.25, -0.2) is 8.42 Å². The molecule has 0 bridgehead atoms. The lowest BCUT2D eigenvalue weighted by Gasteiger charge is -2.27. The minimum absolute atomic E-state index is 0.0200. The van der Waals surface area contributed by atoms with Crippen LogP contribution in [0.3, 0.4) is 0 Å². The zero-order valence-corrected chi connectivity index (χ0v) is 12.4. The molecule has 0 aromatic carbocycles. The predicted molar refractivity (Wildman–Crippen MR) is 70.7 cm³/mol. The topological polar surface area (TPSA) is 80.8 Å². The van der Waals surface area contributed by atoms with Gasteiger partial charge in [0.2, 0.25) is 5.91 Å². The lowest BCUT2D eigenvalue weighted by atomic mass is 10.2. The highest BCUT2D eigenvalue weighted by Gasteiger charge is 2.34. The van der Waals surface area contributed by atoms with Crippen molar-refractivity contribution in [3.8, 4) is 0 Å². The number of hydrogen-bond donors (Lipinski definition) is 0. The van der Waals surface area contributed by atoms with Crippen molar-refractivity contribution in [2.75, 3.05) is 31.0 Å². The van der Waals surface area contributed by atoms with E-state index < -0.39 is 9.84 Å². The van der Waals surface area contributed by atoms with E-state index in [0.29, 0.717) is 19.4 Å². The first kappa shape index (κ1) is 16.2. The molecule has 6 nitrogen and oxygen atoms in total. The van der Waals surface area contributed by atoms with Crippen LogP contribution in [0.25, 0.3) is 0 Å². The van der Waals surface area contributed by atoms with Crippen LogP contribution in [-0.4, -0.2) is 62.3 Å². The van der Waals surface area contributed by atoms with Crippen molar-refractivity contribution in [1.29, 1.82) is 0 Å². The van der Waals surface area contributed by atoms with Crippen molar-refractivity contribution in [3.63, 3.8) is 0 Å². The number of nitrogens with zero attached hydrogens (tertiary/aromatic N) is 1. The van der Waals surface area contributed by atoms with Crippen molar-refractivity contribution in [2.24, 2.45) is 0 Å². The summed E-state index contributed by atoms with van der Waals surface area (Å²) >= 11 is 5.53. The number of halogens is 1. The molecule has 0 spiro atoms.